The molecule has 1 amide bonds. The van der Waals surface area contributed by atoms with Crippen molar-refractivity contribution in [2.75, 3.05) is 19.1 Å². The summed E-state index contributed by atoms with van der Waals surface area (Å²) in [4.78, 5) is 39.1. The Morgan fingerprint density at radius 3 is 2.39 bits per heavy atom. The number of Topliss-reactive ketones (excluding diaryl/α,β-unsaturated/α-hetero) is 1. The predicted octanol–water partition coefficient (Wildman–Crippen LogP) is 3.40. The molecule has 0 bridgehead atoms. The number of ketones is 1. The first kappa shape index (κ1) is 21.8. The van der Waals surface area contributed by atoms with E-state index in [-0.39, 0.29) is 17.2 Å². The van der Waals surface area contributed by atoms with Crippen molar-refractivity contribution >= 4 is 29.2 Å². The minimum atomic E-state index is -1.01. The number of carbonyl (C=O) groups excluding carboxylic acids is 3. The van der Waals surface area contributed by atoms with Gasteiger partial charge in [0.15, 0.2) is 5.82 Å². The number of ether oxygens (including phenoxy) is 2. The van der Waals surface area contributed by atoms with E-state index < -0.39 is 23.7 Å². The quantitative estimate of drug-likeness (QED) is 0.273. The van der Waals surface area contributed by atoms with Crippen LogP contribution in [0.15, 0.2) is 64.7 Å². The Labute approximate surface area is 188 Å². The molecule has 1 atom stereocenters. The first-order valence-corrected chi connectivity index (χ1v) is 9.92. The van der Waals surface area contributed by atoms with Gasteiger partial charge in [-0.05, 0) is 36.8 Å². The average Bonchev–Trinajstić information content (AvgIpc) is 3.38. The molecular weight excluding hydrogens is 428 g/mol. The van der Waals surface area contributed by atoms with Crippen molar-refractivity contribution in [2.45, 2.75) is 13.0 Å². The Morgan fingerprint density at radius 2 is 1.79 bits per heavy atom. The van der Waals surface area contributed by atoms with Crippen molar-refractivity contribution in [3.8, 4) is 5.75 Å². The first-order chi connectivity index (χ1) is 15.8. The zero-order valence-electron chi connectivity index (χ0n) is 18.1. The molecular formula is C24H20N2O7. The summed E-state index contributed by atoms with van der Waals surface area (Å²) in [6.45, 7) is 1.66. The molecule has 33 heavy (non-hydrogen) atoms. The standard InChI is InChI=1S/C24H20N2O7/c1-13-11-18(25-33-13)26-20(14-7-9-15(10-8-14)24(30)32-3)19(22(28)23(26)29)21(27)16-5-4-6-17(12-16)31-2/h4-12,20,27H,1-3H3/b21-19+. The van der Waals surface area contributed by atoms with Gasteiger partial charge >= 0.3 is 11.9 Å². The number of methoxy groups -OCH3 is 2. The normalized spacial score (nSPS) is 17.3. The van der Waals surface area contributed by atoms with E-state index in [2.05, 4.69) is 5.16 Å². The van der Waals surface area contributed by atoms with Crippen LogP contribution in [0.3, 0.4) is 0 Å². The minimum absolute atomic E-state index is 0.125. The summed E-state index contributed by atoms with van der Waals surface area (Å²) in [5, 5.41) is 15.0. The Balaban J connectivity index is 1.91. The van der Waals surface area contributed by atoms with Gasteiger partial charge in [-0.2, -0.15) is 0 Å². The SMILES string of the molecule is COC(=O)c1ccc(C2/C(=C(\O)c3cccc(OC)c3)C(=O)C(=O)N2c2cc(C)on2)cc1. The summed E-state index contributed by atoms with van der Waals surface area (Å²) < 4.78 is 15.0. The molecule has 2 aromatic carbocycles. The Kier molecular flexibility index (Phi) is 5.70. The molecule has 2 heterocycles. The van der Waals surface area contributed by atoms with E-state index in [4.69, 9.17) is 14.0 Å². The molecule has 1 unspecified atom stereocenters. The topological polar surface area (TPSA) is 119 Å². The number of nitrogens with zero attached hydrogens (tertiary/aromatic N) is 2. The van der Waals surface area contributed by atoms with Gasteiger partial charge in [0.1, 0.15) is 17.3 Å². The molecule has 4 rings (SSSR count). The number of benzene rings is 2. The molecule has 9 heteroatoms. The second-order valence-electron chi connectivity index (χ2n) is 7.31. The van der Waals surface area contributed by atoms with E-state index in [1.54, 1.807) is 43.3 Å². The van der Waals surface area contributed by atoms with Gasteiger partial charge in [0, 0.05) is 11.6 Å². The predicted molar refractivity (Wildman–Crippen MR) is 117 cm³/mol. The lowest BCUT2D eigenvalue weighted by Crippen LogP contribution is -2.29. The highest BCUT2D eigenvalue weighted by atomic mass is 16.5. The molecule has 1 N–H and O–H groups in total. The maximum atomic E-state index is 13.1. The lowest BCUT2D eigenvalue weighted by Gasteiger charge is -2.23. The van der Waals surface area contributed by atoms with Gasteiger partial charge < -0.3 is 19.1 Å². The van der Waals surface area contributed by atoms with Gasteiger partial charge in [-0.15, -0.1) is 0 Å². The number of hydrogen-bond donors (Lipinski definition) is 1. The highest BCUT2D eigenvalue weighted by molar-refractivity contribution is 6.51. The zero-order chi connectivity index (χ0) is 23.7. The van der Waals surface area contributed by atoms with Crippen LogP contribution < -0.4 is 9.64 Å². The molecule has 168 valence electrons. The van der Waals surface area contributed by atoms with Crippen LogP contribution in [0, 0.1) is 6.92 Å². The molecule has 1 saturated heterocycles. The number of aromatic nitrogens is 1. The van der Waals surface area contributed by atoms with Crippen molar-refractivity contribution in [3.05, 3.63) is 82.6 Å². The van der Waals surface area contributed by atoms with Gasteiger partial charge in [0.05, 0.1) is 31.4 Å². The van der Waals surface area contributed by atoms with Gasteiger partial charge in [-0.25, -0.2) is 4.79 Å². The molecule has 0 saturated carbocycles. The van der Waals surface area contributed by atoms with Crippen molar-refractivity contribution in [3.63, 3.8) is 0 Å². The summed E-state index contributed by atoms with van der Waals surface area (Å²) in [5.74, 6) is -1.59. The largest absolute Gasteiger partial charge is 0.507 e. The van der Waals surface area contributed by atoms with Crippen LogP contribution in [0.5, 0.6) is 5.75 Å². The monoisotopic (exact) mass is 448 g/mol. The van der Waals surface area contributed by atoms with Gasteiger partial charge in [0.2, 0.25) is 0 Å². The lowest BCUT2D eigenvalue weighted by atomic mass is 9.94. The Hall–Kier alpha value is -4.40. The van der Waals surface area contributed by atoms with Crippen LogP contribution in [0.1, 0.15) is 33.3 Å². The van der Waals surface area contributed by atoms with Gasteiger partial charge in [0.25, 0.3) is 5.78 Å². The molecule has 0 spiro atoms. The molecule has 0 aliphatic carbocycles. The summed E-state index contributed by atoms with van der Waals surface area (Å²) in [6.07, 6.45) is 0. The third-order valence-electron chi connectivity index (χ3n) is 5.30. The van der Waals surface area contributed by atoms with E-state index in [9.17, 15) is 19.5 Å². The van der Waals surface area contributed by atoms with E-state index in [0.717, 1.165) is 4.90 Å². The molecule has 1 aromatic heterocycles. The number of hydrogen-bond acceptors (Lipinski definition) is 8. The number of esters is 1. The second kappa shape index (κ2) is 8.62. The number of amides is 1. The number of aryl methyl sites for hydroxylation is 1. The maximum Gasteiger partial charge on any atom is 0.337 e. The van der Waals surface area contributed by atoms with Crippen molar-refractivity contribution in [2.24, 2.45) is 0 Å². The molecule has 0 radical (unpaired) electrons. The molecule has 3 aromatic rings. The van der Waals surface area contributed by atoms with E-state index >= 15 is 0 Å². The number of aliphatic hydroxyl groups is 1. The third-order valence-corrected chi connectivity index (χ3v) is 5.30. The van der Waals surface area contributed by atoms with Crippen molar-refractivity contribution in [1.82, 2.24) is 5.16 Å². The van der Waals surface area contributed by atoms with Crippen LogP contribution in [-0.4, -0.2) is 42.1 Å². The van der Waals surface area contributed by atoms with E-state index in [1.165, 1.54) is 32.4 Å². The van der Waals surface area contributed by atoms with Crippen LogP contribution in [0.25, 0.3) is 5.76 Å². The molecule has 9 nitrogen and oxygen atoms in total. The van der Waals surface area contributed by atoms with Crippen LogP contribution in [-0.2, 0) is 14.3 Å². The highest BCUT2D eigenvalue weighted by Crippen LogP contribution is 2.42. The van der Waals surface area contributed by atoms with Gasteiger partial charge in [-0.3, -0.25) is 14.5 Å². The Bertz CT molecular complexity index is 1270. The van der Waals surface area contributed by atoms with Crippen LogP contribution >= 0.6 is 0 Å². The highest BCUT2D eigenvalue weighted by Gasteiger charge is 2.48. The van der Waals surface area contributed by atoms with Crippen molar-refractivity contribution < 1.29 is 33.5 Å². The van der Waals surface area contributed by atoms with Gasteiger partial charge in [-0.1, -0.05) is 29.4 Å². The summed E-state index contributed by atoms with van der Waals surface area (Å²) in [5.41, 5.74) is 0.954. The maximum absolute atomic E-state index is 13.1. The first-order valence-electron chi connectivity index (χ1n) is 9.92. The van der Waals surface area contributed by atoms with Crippen molar-refractivity contribution in [1.29, 1.82) is 0 Å². The third kappa shape index (κ3) is 3.84. The number of aliphatic hydroxyl groups excluding tert-OH is 1. The Morgan fingerprint density at radius 1 is 1.06 bits per heavy atom. The number of anilines is 1. The number of carbonyl (C=O) groups is 3. The van der Waals surface area contributed by atoms with E-state index in [0.29, 0.717) is 28.2 Å². The molecule has 1 aliphatic heterocycles. The fourth-order valence-electron chi connectivity index (χ4n) is 3.70. The fourth-order valence-corrected chi connectivity index (χ4v) is 3.70. The summed E-state index contributed by atoms with van der Waals surface area (Å²) >= 11 is 0. The molecule has 1 aliphatic rings. The van der Waals surface area contributed by atoms with Crippen LogP contribution in [0.2, 0.25) is 0 Å². The van der Waals surface area contributed by atoms with Crippen LogP contribution in [0.4, 0.5) is 5.82 Å². The average molecular weight is 448 g/mol. The second-order valence-corrected chi connectivity index (χ2v) is 7.31. The van der Waals surface area contributed by atoms with E-state index in [1.807, 2.05) is 0 Å². The lowest BCUT2D eigenvalue weighted by molar-refractivity contribution is -0.132. The zero-order valence-corrected chi connectivity index (χ0v) is 18.1. The minimum Gasteiger partial charge on any atom is -0.507 e. The smallest absolute Gasteiger partial charge is 0.337 e. The fraction of sp³-hybridized carbons (Fsp3) is 0.167. The summed E-state index contributed by atoms with van der Waals surface area (Å²) in [6, 6.07) is 13.2. The number of rotatable bonds is 5. The summed E-state index contributed by atoms with van der Waals surface area (Å²) in [7, 11) is 2.75. The molecule has 1 fully saturated rings.